The van der Waals surface area contributed by atoms with E-state index in [1.807, 2.05) is 48.1 Å². The van der Waals surface area contributed by atoms with E-state index < -0.39 is 0 Å². The number of nitrogens with one attached hydrogen (secondary N) is 1. The van der Waals surface area contributed by atoms with Gasteiger partial charge in [0.25, 0.3) is 0 Å². The fourth-order valence-corrected chi connectivity index (χ4v) is 3.31. The molecule has 3 rings (SSSR count). The van der Waals surface area contributed by atoms with Crippen molar-refractivity contribution in [1.29, 1.82) is 0 Å². The second-order valence-corrected chi connectivity index (χ2v) is 6.76. The molecule has 26 heavy (non-hydrogen) atoms. The lowest BCUT2D eigenvalue weighted by Crippen LogP contribution is -2.50. The Bertz CT molecular complexity index is 732. The minimum Gasteiger partial charge on any atom is -0.340 e. The molecule has 1 aliphatic rings. The lowest BCUT2D eigenvalue weighted by Gasteiger charge is -2.36. The molecule has 0 saturated carbocycles. The van der Waals surface area contributed by atoms with Gasteiger partial charge in [0.1, 0.15) is 5.82 Å². The third kappa shape index (κ3) is 4.63. The van der Waals surface area contributed by atoms with Gasteiger partial charge in [-0.1, -0.05) is 24.3 Å². The van der Waals surface area contributed by atoms with E-state index in [1.54, 1.807) is 0 Å². The predicted molar refractivity (Wildman–Crippen MR) is 105 cm³/mol. The van der Waals surface area contributed by atoms with Gasteiger partial charge in [-0.2, -0.15) is 0 Å². The van der Waals surface area contributed by atoms with Crippen LogP contribution >= 0.6 is 12.4 Å². The summed E-state index contributed by atoms with van der Waals surface area (Å²) in [5.74, 6) is 1.14. The number of piperazine rings is 1. The third-order valence-corrected chi connectivity index (χ3v) is 4.94. The zero-order valence-corrected chi connectivity index (χ0v) is 16.5. The van der Waals surface area contributed by atoms with Crippen LogP contribution < -0.4 is 5.32 Å². The number of amides is 1. The number of aromatic nitrogens is 2. The highest BCUT2D eigenvalue weighted by Crippen LogP contribution is 2.20. The maximum Gasteiger partial charge on any atom is 0.236 e. The SMILES string of the molecule is Cc1ccccc1CN(C)C(=O)CN1CCNCC1c1nccn1C.Cl. The van der Waals surface area contributed by atoms with Crippen molar-refractivity contribution in [2.45, 2.75) is 19.5 Å². The molecule has 2 aromatic rings. The van der Waals surface area contributed by atoms with Crippen LogP contribution in [-0.4, -0.2) is 58.5 Å². The molecule has 1 fully saturated rings. The maximum atomic E-state index is 12.8. The Balaban J connectivity index is 0.00000243. The molecule has 1 saturated heterocycles. The zero-order chi connectivity index (χ0) is 17.8. The molecule has 1 aliphatic heterocycles. The van der Waals surface area contributed by atoms with Crippen LogP contribution in [0, 0.1) is 6.92 Å². The van der Waals surface area contributed by atoms with Crippen molar-refractivity contribution < 1.29 is 4.79 Å². The van der Waals surface area contributed by atoms with Crippen molar-refractivity contribution >= 4 is 18.3 Å². The highest BCUT2D eigenvalue weighted by molar-refractivity contribution is 5.85. The first kappa shape index (κ1) is 20.4. The van der Waals surface area contributed by atoms with Gasteiger partial charge in [-0.05, 0) is 18.1 Å². The standard InChI is InChI=1S/C19H27N5O.ClH/c1-15-6-4-5-7-16(15)13-23(3)18(25)14-24-11-8-20-12-17(24)19-21-9-10-22(19)2;/h4-7,9-10,17,20H,8,11-14H2,1-3H3;1H. The molecule has 1 amide bonds. The molecule has 6 nitrogen and oxygen atoms in total. The number of aryl methyl sites for hydroxylation is 2. The number of hydrogen-bond acceptors (Lipinski definition) is 4. The largest absolute Gasteiger partial charge is 0.340 e. The maximum absolute atomic E-state index is 12.8. The number of carbonyl (C=O) groups excluding carboxylic acids is 1. The predicted octanol–water partition coefficient (Wildman–Crippen LogP) is 1.76. The van der Waals surface area contributed by atoms with Crippen molar-refractivity contribution in [2.75, 3.05) is 33.2 Å². The number of rotatable bonds is 5. The molecule has 0 aliphatic carbocycles. The molecule has 7 heteroatoms. The van der Waals surface area contributed by atoms with Gasteiger partial charge in [0, 0.05) is 52.7 Å². The first-order valence-electron chi connectivity index (χ1n) is 8.76. The van der Waals surface area contributed by atoms with Gasteiger partial charge in [-0.15, -0.1) is 12.4 Å². The van der Waals surface area contributed by atoms with Gasteiger partial charge >= 0.3 is 0 Å². The van der Waals surface area contributed by atoms with E-state index in [4.69, 9.17) is 0 Å². The van der Waals surface area contributed by atoms with Crippen LogP contribution in [0.25, 0.3) is 0 Å². The lowest BCUT2D eigenvalue weighted by molar-refractivity contribution is -0.132. The van der Waals surface area contributed by atoms with Crippen LogP contribution in [0.5, 0.6) is 0 Å². The number of likely N-dealkylation sites (N-methyl/N-ethyl adjacent to an activating group) is 1. The van der Waals surface area contributed by atoms with Gasteiger partial charge in [0.2, 0.25) is 5.91 Å². The van der Waals surface area contributed by atoms with E-state index in [9.17, 15) is 4.79 Å². The quantitative estimate of drug-likeness (QED) is 0.862. The van der Waals surface area contributed by atoms with E-state index in [1.165, 1.54) is 11.1 Å². The summed E-state index contributed by atoms with van der Waals surface area (Å²) in [6.45, 7) is 5.71. The lowest BCUT2D eigenvalue weighted by atomic mass is 10.1. The Kier molecular flexibility index (Phi) is 7.20. The topological polar surface area (TPSA) is 53.4 Å². The Hall–Kier alpha value is -1.89. The molecule has 2 heterocycles. The average molecular weight is 378 g/mol. The molecule has 0 spiro atoms. The average Bonchev–Trinajstić information content (AvgIpc) is 3.03. The van der Waals surface area contributed by atoms with E-state index in [2.05, 4.69) is 34.3 Å². The minimum absolute atomic E-state index is 0. The second kappa shape index (κ2) is 9.16. The Morgan fingerprint density at radius 2 is 2.15 bits per heavy atom. The Morgan fingerprint density at radius 3 is 2.85 bits per heavy atom. The second-order valence-electron chi connectivity index (χ2n) is 6.76. The van der Waals surface area contributed by atoms with Gasteiger partial charge in [0.15, 0.2) is 0 Å². The van der Waals surface area contributed by atoms with Crippen LogP contribution in [0.2, 0.25) is 0 Å². The van der Waals surface area contributed by atoms with E-state index >= 15 is 0 Å². The van der Waals surface area contributed by atoms with Crippen LogP contribution in [-0.2, 0) is 18.4 Å². The summed E-state index contributed by atoms with van der Waals surface area (Å²) in [6, 6.07) is 8.35. The van der Waals surface area contributed by atoms with Crippen LogP contribution in [0.1, 0.15) is 23.0 Å². The highest BCUT2D eigenvalue weighted by atomic mass is 35.5. The van der Waals surface area contributed by atoms with Gasteiger partial charge < -0.3 is 14.8 Å². The smallest absolute Gasteiger partial charge is 0.236 e. The first-order valence-corrected chi connectivity index (χ1v) is 8.76. The van der Waals surface area contributed by atoms with E-state index in [0.717, 1.165) is 25.5 Å². The van der Waals surface area contributed by atoms with Crippen molar-refractivity contribution in [2.24, 2.45) is 7.05 Å². The molecule has 0 bridgehead atoms. The Morgan fingerprint density at radius 1 is 1.38 bits per heavy atom. The number of hydrogen-bond donors (Lipinski definition) is 1. The number of carbonyl (C=O) groups is 1. The summed E-state index contributed by atoms with van der Waals surface area (Å²) < 4.78 is 2.03. The fraction of sp³-hybridized carbons (Fsp3) is 0.474. The summed E-state index contributed by atoms with van der Waals surface area (Å²) in [4.78, 5) is 21.3. The molecule has 142 valence electrons. The number of imidazole rings is 1. The zero-order valence-electron chi connectivity index (χ0n) is 15.7. The monoisotopic (exact) mass is 377 g/mol. The van der Waals surface area contributed by atoms with E-state index in [0.29, 0.717) is 13.1 Å². The van der Waals surface area contributed by atoms with Gasteiger partial charge in [0.05, 0.1) is 12.6 Å². The summed E-state index contributed by atoms with van der Waals surface area (Å²) in [6.07, 6.45) is 3.77. The summed E-state index contributed by atoms with van der Waals surface area (Å²) in [5.41, 5.74) is 2.41. The third-order valence-electron chi connectivity index (χ3n) is 4.94. The Labute approximate surface area is 161 Å². The summed E-state index contributed by atoms with van der Waals surface area (Å²) in [5, 5.41) is 3.41. The van der Waals surface area contributed by atoms with Crippen LogP contribution in [0.3, 0.4) is 0 Å². The van der Waals surface area contributed by atoms with Gasteiger partial charge in [-0.3, -0.25) is 9.69 Å². The molecule has 1 unspecified atom stereocenters. The van der Waals surface area contributed by atoms with Crippen LogP contribution in [0.15, 0.2) is 36.7 Å². The van der Waals surface area contributed by atoms with Gasteiger partial charge in [-0.25, -0.2) is 4.98 Å². The molecule has 1 atom stereocenters. The van der Waals surface area contributed by atoms with Crippen molar-refractivity contribution in [1.82, 2.24) is 24.7 Å². The number of nitrogens with zero attached hydrogens (tertiary/aromatic N) is 4. The molecule has 0 radical (unpaired) electrons. The molecule has 1 aromatic heterocycles. The number of halogens is 1. The fourth-order valence-electron chi connectivity index (χ4n) is 3.31. The molecule has 1 aromatic carbocycles. The molecular formula is C19H28ClN5O. The number of benzene rings is 1. The first-order chi connectivity index (χ1) is 12.1. The van der Waals surface area contributed by atoms with Crippen molar-refractivity contribution in [3.05, 3.63) is 53.6 Å². The van der Waals surface area contributed by atoms with Crippen LogP contribution in [0.4, 0.5) is 0 Å². The van der Waals surface area contributed by atoms with Crippen molar-refractivity contribution in [3.8, 4) is 0 Å². The molecular weight excluding hydrogens is 350 g/mol. The summed E-state index contributed by atoms with van der Waals surface area (Å²) in [7, 11) is 3.88. The summed E-state index contributed by atoms with van der Waals surface area (Å²) >= 11 is 0. The molecule has 1 N–H and O–H groups in total. The minimum atomic E-state index is 0. The normalized spacial score (nSPS) is 17.6. The highest BCUT2D eigenvalue weighted by Gasteiger charge is 2.29. The van der Waals surface area contributed by atoms with Crippen molar-refractivity contribution in [3.63, 3.8) is 0 Å². The van der Waals surface area contributed by atoms with E-state index in [-0.39, 0.29) is 24.4 Å².